The second-order valence-corrected chi connectivity index (χ2v) is 8.72. The number of phenolic OH excluding ortho intramolecular Hbond substituents is 1. The molecular formula is C23H24N8O3S. The number of aryl methyl sites for hydroxylation is 1. The van der Waals surface area contributed by atoms with Gasteiger partial charge in [0.2, 0.25) is 11.6 Å². The monoisotopic (exact) mass is 492 g/mol. The fraction of sp³-hybridized carbons (Fsp3) is 0.217. The van der Waals surface area contributed by atoms with Crippen LogP contribution < -0.4 is 11.2 Å². The van der Waals surface area contributed by atoms with Gasteiger partial charge < -0.3 is 10.8 Å². The quantitative estimate of drug-likeness (QED) is 0.181. The normalized spacial score (nSPS) is 11.5. The molecule has 4 rings (SSSR count). The number of carbonyl (C=O) groups excluding carboxylic acids is 1. The Bertz CT molecular complexity index is 1330. The smallest absolute Gasteiger partial charge is 0.293 e. The summed E-state index contributed by atoms with van der Waals surface area (Å²) in [6.07, 6.45) is 1.46. The summed E-state index contributed by atoms with van der Waals surface area (Å²) >= 11 is 1.51. The van der Waals surface area contributed by atoms with Crippen LogP contribution in [0.4, 0.5) is 5.82 Å². The summed E-state index contributed by atoms with van der Waals surface area (Å²) in [4.78, 5) is 14.1. The van der Waals surface area contributed by atoms with Crippen molar-refractivity contribution in [3.05, 3.63) is 71.0 Å². The molecule has 0 radical (unpaired) electrons. The number of aromatic nitrogens is 5. The maximum Gasteiger partial charge on any atom is 0.293 e. The van der Waals surface area contributed by atoms with Crippen LogP contribution in [-0.2, 0) is 5.75 Å². The highest BCUT2D eigenvalue weighted by atomic mass is 32.2. The molecule has 0 bridgehead atoms. The van der Waals surface area contributed by atoms with E-state index < -0.39 is 5.91 Å². The van der Waals surface area contributed by atoms with E-state index in [-0.39, 0.29) is 23.1 Å². The van der Waals surface area contributed by atoms with Crippen molar-refractivity contribution in [3.8, 4) is 11.6 Å². The van der Waals surface area contributed by atoms with Gasteiger partial charge in [0.25, 0.3) is 5.91 Å². The zero-order valence-corrected chi connectivity index (χ0v) is 20.0. The van der Waals surface area contributed by atoms with Gasteiger partial charge in [-0.25, -0.2) is 10.1 Å². The van der Waals surface area contributed by atoms with Crippen LogP contribution in [0.15, 0.2) is 63.2 Å². The molecule has 0 aliphatic heterocycles. The van der Waals surface area contributed by atoms with E-state index in [9.17, 15) is 9.90 Å². The number of nitrogen functional groups attached to an aromatic ring is 1. The van der Waals surface area contributed by atoms with Gasteiger partial charge in [-0.05, 0) is 65.6 Å². The Morgan fingerprint density at radius 3 is 2.57 bits per heavy atom. The number of nitrogens with zero attached hydrogens (tertiary/aromatic N) is 6. The number of carbonyl (C=O) groups is 1. The maximum absolute atomic E-state index is 13.1. The first-order valence-corrected chi connectivity index (χ1v) is 11.8. The zero-order valence-electron chi connectivity index (χ0n) is 19.2. The molecule has 0 saturated carbocycles. The predicted octanol–water partition coefficient (Wildman–Crippen LogP) is 3.47. The second-order valence-electron chi connectivity index (χ2n) is 7.67. The van der Waals surface area contributed by atoms with Crippen molar-refractivity contribution in [2.24, 2.45) is 5.10 Å². The van der Waals surface area contributed by atoms with Gasteiger partial charge in [-0.2, -0.15) is 9.78 Å². The highest BCUT2D eigenvalue weighted by Gasteiger charge is 2.24. The van der Waals surface area contributed by atoms with Gasteiger partial charge in [0, 0.05) is 10.6 Å². The van der Waals surface area contributed by atoms with E-state index in [1.165, 1.54) is 16.4 Å². The maximum atomic E-state index is 13.1. The largest absolute Gasteiger partial charge is 0.508 e. The summed E-state index contributed by atoms with van der Waals surface area (Å²) in [6.45, 7) is 4.03. The van der Waals surface area contributed by atoms with Gasteiger partial charge in [-0.15, -0.1) is 16.9 Å². The summed E-state index contributed by atoms with van der Waals surface area (Å²) in [5.74, 6) is 0.157. The topological polar surface area (TPSA) is 157 Å². The Kier molecular flexibility index (Phi) is 7.41. The third-order valence-electron chi connectivity index (χ3n) is 5.05. The fourth-order valence-electron chi connectivity index (χ4n) is 3.23. The Balaban J connectivity index is 1.62. The van der Waals surface area contributed by atoms with Gasteiger partial charge in [-0.1, -0.05) is 36.3 Å². The van der Waals surface area contributed by atoms with Crippen molar-refractivity contribution >= 4 is 29.2 Å². The standard InChI is InChI=1S/C23H24N8O3S/c1-3-4-18(15-7-9-16(32)10-8-15)25-27-23(33)20-19(13-35-17-11-5-14(2)6-12-17)31(30-26-20)22-21(24)28-34-29-22/h5-12,32H,3-4,13H2,1-2H3,(H2,24,28)(H,27,33). The third kappa shape index (κ3) is 5.66. The van der Waals surface area contributed by atoms with Crippen LogP contribution in [0, 0.1) is 6.92 Å². The molecule has 0 aliphatic rings. The number of aromatic hydroxyl groups is 1. The Morgan fingerprint density at radius 1 is 1.17 bits per heavy atom. The van der Waals surface area contributed by atoms with E-state index in [0.717, 1.165) is 22.4 Å². The highest BCUT2D eigenvalue weighted by Crippen LogP contribution is 2.26. The lowest BCUT2D eigenvalue weighted by atomic mass is 10.1. The lowest BCUT2D eigenvalue weighted by Gasteiger charge is -2.08. The van der Waals surface area contributed by atoms with Gasteiger partial charge in [-0.3, -0.25) is 4.79 Å². The summed E-state index contributed by atoms with van der Waals surface area (Å²) in [7, 11) is 0. The number of benzene rings is 2. The number of anilines is 1. The van der Waals surface area contributed by atoms with E-state index in [1.807, 2.05) is 38.1 Å². The van der Waals surface area contributed by atoms with Crippen LogP contribution in [-0.4, -0.2) is 42.0 Å². The first-order chi connectivity index (χ1) is 17.0. The predicted molar refractivity (Wildman–Crippen MR) is 131 cm³/mol. The zero-order chi connectivity index (χ0) is 24.8. The number of amides is 1. The van der Waals surface area contributed by atoms with Crippen molar-refractivity contribution in [1.29, 1.82) is 0 Å². The van der Waals surface area contributed by atoms with E-state index >= 15 is 0 Å². The molecule has 35 heavy (non-hydrogen) atoms. The van der Waals surface area contributed by atoms with Crippen molar-refractivity contribution < 1.29 is 14.5 Å². The molecule has 0 unspecified atom stereocenters. The minimum absolute atomic E-state index is 0.0269. The van der Waals surface area contributed by atoms with Gasteiger partial charge in [0.1, 0.15) is 5.75 Å². The van der Waals surface area contributed by atoms with Gasteiger partial charge in [0.05, 0.1) is 11.4 Å². The van der Waals surface area contributed by atoms with Crippen molar-refractivity contribution in [3.63, 3.8) is 0 Å². The molecule has 1 amide bonds. The molecule has 2 aromatic carbocycles. The van der Waals surface area contributed by atoms with Crippen LogP contribution in [0.1, 0.15) is 47.1 Å². The Hall–Kier alpha value is -4.19. The molecule has 180 valence electrons. The molecule has 2 heterocycles. The average molecular weight is 493 g/mol. The first-order valence-electron chi connectivity index (χ1n) is 10.8. The molecular weight excluding hydrogens is 468 g/mol. The van der Waals surface area contributed by atoms with E-state index in [1.54, 1.807) is 24.3 Å². The molecule has 11 nitrogen and oxygen atoms in total. The number of thioether (sulfide) groups is 1. The summed E-state index contributed by atoms with van der Waals surface area (Å²) in [5.41, 5.74) is 11.6. The number of hydrogen-bond acceptors (Lipinski definition) is 10. The molecule has 12 heteroatoms. The van der Waals surface area contributed by atoms with Crippen LogP contribution in [0.2, 0.25) is 0 Å². The highest BCUT2D eigenvalue weighted by molar-refractivity contribution is 7.98. The molecule has 2 aromatic heterocycles. The number of phenols is 1. The number of nitrogens with one attached hydrogen (secondary N) is 1. The molecule has 0 aliphatic carbocycles. The van der Waals surface area contributed by atoms with Gasteiger partial charge in [0.15, 0.2) is 5.69 Å². The van der Waals surface area contributed by atoms with Crippen molar-refractivity contribution in [1.82, 2.24) is 30.7 Å². The van der Waals surface area contributed by atoms with Crippen LogP contribution >= 0.6 is 11.8 Å². The summed E-state index contributed by atoms with van der Waals surface area (Å²) in [5, 5.41) is 29.4. The molecule has 0 fully saturated rings. The van der Waals surface area contributed by atoms with Crippen molar-refractivity contribution in [2.45, 2.75) is 37.3 Å². The molecule has 4 N–H and O–H groups in total. The Labute approximate surface area is 205 Å². The van der Waals surface area contributed by atoms with Crippen LogP contribution in [0.3, 0.4) is 0 Å². The summed E-state index contributed by atoms with van der Waals surface area (Å²) < 4.78 is 6.05. The Morgan fingerprint density at radius 2 is 1.91 bits per heavy atom. The van der Waals surface area contributed by atoms with Crippen molar-refractivity contribution in [2.75, 3.05) is 5.73 Å². The number of hydrazone groups is 1. The van der Waals surface area contributed by atoms with E-state index in [4.69, 9.17) is 10.4 Å². The van der Waals surface area contributed by atoms with E-state index in [2.05, 4.69) is 31.2 Å². The first kappa shape index (κ1) is 24.0. The second kappa shape index (κ2) is 10.8. The van der Waals surface area contributed by atoms with Crippen LogP contribution in [0.25, 0.3) is 5.82 Å². The lowest BCUT2D eigenvalue weighted by Crippen LogP contribution is -2.22. The summed E-state index contributed by atoms with van der Waals surface area (Å²) in [6, 6.07) is 14.7. The number of nitrogens with two attached hydrogens (primary N) is 1. The molecule has 0 atom stereocenters. The minimum atomic E-state index is -0.529. The molecule has 4 aromatic rings. The minimum Gasteiger partial charge on any atom is -0.508 e. The average Bonchev–Trinajstić information content (AvgIpc) is 3.47. The fourth-order valence-corrected chi connectivity index (χ4v) is 4.12. The lowest BCUT2D eigenvalue weighted by molar-refractivity contribution is 0.0949. The van der Waals surface area contributed by atoms with E-state index in [0.29, 0.717) is 23.6 Å². The third-order valence-corrected chi connectivity index (χ3v) is 6.07. The SMILES string of the molecule is CCCC(=NNC(=O)c1nnn(-c2nonc2N)c1CSc1ccc(C)cc1)c1ccc(O)cc1. The molecule has 0 spiro atoms. The van der Waals surface area contributed by atoms with Gasteiger partial charge >= 0.3 is 0 Å². The number of rotatable bonds is 9. The number of hydrogen-bond donors (Lipinski definition) is 3. The molecule has 0 saturated heterocycles. The van der Waals surface area contributed by atoms with Crippen LogP contribution in [0.5, 0.6) is 5.75 Å².